The highest BCUT2D eigenvalue weighted by atomic mass is 16.5. The zero-order valence-corrected chi connectivity index (χ0v) is 12.4. The second kappa shape index (κ2) is 5.13. The number of nitrogens with one attached hydrogen (secondary N) is 1. The second-order valence-electron chi connectivity index (χ2n) is 6.82. The maximum Gasteiger partial charge on any atom is 0.234 e. The molecule has 0 spiro atoms. The largest absolute Gasteiger partial charge is 0.381 e. The molecule has 3 fully saturated rings. The molecule has 5 nitrogen and oxygen atoms in total. The van der Waals surface area contributed by atoms with Crippen molar-refractivity contribution in [3.63, 3.8) is 0 Å². The molecule has 3 aliphatic rings. The molecule has 1 aliphatic heterocycles. The molecule has 5 heteroatoms. The Balaban J connectivity index is 1.43. The number of nitrogens with zero attached hydrogens (tertiary/aromatic N) is 1. The smallest absolute Gasteiger partial charge is 0.234 e. The molecule has 1 aromatic rings. The summed E-state index contributed by atoms with van der Waals surface area (Å²) in [6.45, 7) is 3.55. The van der Waals surface area contributed by atoms with E-state index in [4.69, 9.17) is 9.26 Å². The van der Waals surface area contributed by atoms with Crippen LogP contribution in [0.2, 0.25) is 0 Å². The fourth-order valence-electron chi connectivity index (χ4n) is 3.96. The van der Waals surface area contributed by atoms with Crippen molar-refractivity contribution in [1.29, 1.82) is 0 Å². The summed E-state index contributed by atoms with van der Waals surface area (Å²) in [4.78, 5) is 12.3. The third-order valence-corrected chi connectivity index (χ3v) is 5.42. The highest BCUT2D eigenvalue weighted by Gasteiger charge is 2.48. The van der Waals surface area contributed by atoms with Gasteiger partial charge in [-0.1, -0.05) is 5.16 Å². The molecular weight excluding hydrogens is 268 g/mol. The molecule has 0 radical (unpaired) electrons. The average molecular weight is 290 g/mol. The lowest BCUT2D eigenvalue weighted by molar-refractivity contribution is -0.120. The predicted octanol–water partition coefficient (Wildman–Crippen LogP) is 2.86. The van der Waals surface area contributed by atoms with Gasteiger partial charge in [-0.3, -0.25) is 10.1 Å². The van der Waals surface area contributed by atoms with E-state index < -0.39 is 0 Å². The molecule has 1 saturated heterocycles. The summed E-state index contributed by atoms with van der Waals surface area (Å²) >= 11 is 0. The van der Waals surface area contributed by atoms with Gasteiger partial charge in [-0.25, -0.2) is 0 Å². The van der Waals surface area contributed by atoms with Gasteiger partial charge in [0.05, 0.1) is 5.69 Å². The number of aromatic nitrogens is 1. The SMILES string of the molecule is Cc1c(C2CCOCC2)noc1NC(=O)C1C[C@@H]2C[C@@H]2C1. The van der Waals surface area contributed by atoms with E-state index in [1.54, 1.807) is 0 Å². The summed E-state index contributed by atoms with van der Waals surface area (Å²) in [7, 11) is 0. The van der Waals surface area contributed by atoms with Crippen LogP contribution in [0.3, 0.4) is 0 Å². The molecular formula is C16H22N2O3. The van der Waals surface area contributed by atoms with E-state index in [0.29, 0.717) is 11.8 Å². The molecule has 2 saturated carbocycles. The first-order valence-corrected chi connectivity index (χ1v) is 8.07. The van der Waals surface area contributed by atoms with E-state index in [0.717, 1.165) is 62.0 Å². The molecule has 2 heterocycles. The summed E-state index contributed by atoms with van der Waals surface area (Å²) in [6, 6.07) is 0. The quantitative estimate of drug-likeness (QED) is 0.929. The molecule has 4 rings (SSSR count). The molecule has 0 bridgehead atoms. The molecule has 1 aromatic heterocycles. The zero-order valence-electron chi connectivity index (χ0n) is 12.4. The standard InChI is InChI=1S/C16H22N2O3/c1-9-14(10-2-4-20-5-3-10)18-21-16(9)17-15(19)13-7-11-6-12(11)8-13/h10-13H,2-8H2,1H3,(H,17,19)/t11-,12+,13?. The van der Waals surface area contributed by atoms with Crippen LogP contribution in [0.25, 0.3) is 0 Å². The van der Waals surface area contributed by atoms with Gasteiger partial charge in [0.1, 0.15) is 0 Å². The minimum atomic E-state index is 0.111. The van der Waals surface area contributed by atoms with E-state index in [-0.39, 0.29) is 11.8 Å². The average Bonchev–Trinajstić information content (AvgIpc) is 2.95. The van der Waals surface area contributed by atoms with Gasteiger partial charge in [-0.15, -0.1) is 0 Å². The third kappa shape index (κ3) is 2.48. The van der Waals surface area contributed by atoms with Crippen molar-refractivity contribution in [3.8, 4) is 0 Å². The maximum atomic E-state index is 12.3. The Morgan fingerprint density at radius 3 is 2.62 bits per heavy atom. The van der Waals surface area contributed by atoms with E-state index in [9.17, 15) is 4.79 Å². The number of ether oxygens (including phenoxy) is 1. The van der Waals surface area contributed by atoms with Crippen molar-refractivity contribution in [1.82, 2.24) is 5.16 Å². The number of carbonyl (C=O) groups is 1. The summed E-state index contributed by atoms with van der Waals surface area (Å²) in [5.74, 6) is 2.85. The number of hydrogen-bond donors (Lipinski definition) is 1. The number of fused-ring (bicyclic) bond motifs is 1. The van der Waals surface area contributed by atoms with Crippen molar-refractivity contribution < 1.29 is 14.1 Å². The third-order valence-electron chi connectivity index (χ3n) is 5.42. The van der Waals surface area contributed by atoms with Gasteiger partial charge >= 0.3 is 0 Å². The van der Waals surface area contributed by atoms with Crippen molar-refractivity contribution in [2.75, 3.05) is 18.5 Å². The number of hydrogen-bond acceptors (Lipinski definition) is 4. The predicted molar refractivity (Wildman–Crippen MR) is 77.0 cm³/mol. The molecule has 2 aliphatic carbocycles. The molecule has 1 unspecified atom stereocenters. The number of amides is 1. The topological polar surface area (TPSA) is 64.4 Å². The van der Waals surface area contributed by atoms with Gasteiger partial charge < -0.3 is 9.26 Å². The summed E-state index contributed by atoms with van der Waals surface area (Å²) in [5.41, 5.74) is 1.97. The van der Waals surface area contributed by atoms with Crippen LogP contribution in [-0.4, -0.2) is 24.3 Å². The Hall–Kier alpha value is -1.36. The Labute approximate surface area is 124 Å². The minimum absolute atomic E-state index is 0.111. The summed E-state index contributed by atoms with van der Waals surface area (Å²) in [5, 5.41) is 7.15. The first-order valence-electron chi connectivity index (χ1n) is 8.07. The van der Waals surface area contributed by atoms with Crippen LogP contribution in [0.5, 0.6) is 0 Å². The molecule has 114 valence electrons. The van der Waals surface area contributed by atoms with Crippen LogP contribution in [0.4, 0.5) is 5.88 Å². The molecule has 3 atom stereocenters. The first-order chi connectivity index (χ1) is 10.2. The summed E-state index contributed by atoms with van der Waals surface area (Å²) in [6.07, 6.45) is 5.39. The van der Waals surface area contributed by atoms with E-state index >= 15 is 0 Å². The highest BCUT2D eigenvalue weighted by Crippen LogP contribution is 2.54. The van der Waals surface area contributed by atoms with Crippen molar-refractivity contribution in [2.24, 2.45) is 17.8 Å². The zero-order chi connectivity index (χ0) is 14.4. The number of carbonyl (C=O) groups excluding carboxylic acids is 1. The van der Waals surface area contributed by atoms with Gasteiger partial charge in [-0.05, 0) is 50.9 Å². The molecule has 1 amide bonds. The second-order valence-corrected chi connectivity index (χ2v) is 6.82. The van der Waals surface area contributed by atoms with Crippen LogP contribution in [0.1, 0.15) is 49.3 Å². The number of anilines is 1. The van der Waals surface area contributed by atoms with Gasteiger partial charge in [0.25, 0.3) is 0 Å². The fraction of sp³-hybridized carbons (Fsp3) is 0.750. The Morgan fingerprint density at radius 1 is 1.19 bits per heavy atom. The first kappa shape index (κ1) is 13.3. The Bertz CT molecular complexity index is 538. The highest BCUT2D eigenvalue weighted by molar-refractivity contribution is 5.92. The lowest BCUT2D eigenvalue weighted by atomic mass is 9.94. The van der Waals surface area contributed by atoms with Crippen molar-refractivity contribution in [3.05, 3.63) is 11.3 Å². The fourth-order valence-corrected chi connectivity index (χ4v) is 3.96. The van der Waals surface area contributed by atoms with Crippen LogP contribution in [-0.2, 0) is 9.53 Å². The molecule has 0 aromatic carbocycles. The minimum Gasteiger partial charge on any atom is -0.381 e. The van der Waals surface area contributed by atoms with Gasteiger partial charge in [0.15, 0.2) is 0 Å². The Kier molecular flexibility index (Phi) is 3.25. The van der Waals surface area contributed by atoms with E-state index in [2.05, 4.69) is 10.5 Å². The monoisotopic (exact) mass is 290 g/mol. The normalized spacial score (nSPS) is 32.0. The van der Waals surface area contributed by atoms with Gasteiger partial charge in [0.2, 0.25) is 11.8 Å². The number of rotatable bonds is 3. The van der Waals surface area contributed by atoms with Crippen molar-refractivity contribution >= 4 is 11.8 Å². The van der Waals surface area contributed by atoms with E-state index in [1.807, 2.05) is 6.92 Å². The van der Waals surface area contributed by atoms with Crippen LogP contribution >= 0.6 is 0 Å². The molecule has 1 N–H and O–H groups in total. The maximum absolute atomic E-state index is 12.3. The Morgan fingerprint density at radius 2 is 1.90 bits per heavy atom. The van der Waals surface area contributed by atoms with Crippen LogP contribution < -0.4 is 5.32 Å². The van der Waals surface area contributed by atoms with Gasteiger partial charge in [-0.2, -0.15) is 0 Å². The van der Waals surface area contributed by atoms with Gasteiger partial charge in [0, 0.05) is 30.6 Å². The van der Waals surface area contributed by atoms with Crippen molar-refractivity contribution in [2.45, 2.75) is 44.9 Å². The van der Waals surface area contributed by atoms with Crippen LogP contribution in [0, 0.1) is 24.7 Å². The lowest BCUT2D eigenvalue weighted by Crippen LogP contribution is -2.21. The lowest BCUT2D eigenvalue weighted by Gasteiger charge is -2.20. The van der Waals surface area contributed by atoms with E-state index in [1.165, 1.54) is 6.42 Å². The molecule has 21 heavy (non-hydrogen) atoms. The van der Waals surface area contributed by atoms with Crippen LogP contribution in [0.15, 0.2) is 4.52 Å². The summed E-state index contributed by atoms with van der Waals surface area (Å²) < 4.78 is 10.8.